The van der Waals surface area contributed by atoms with Gasteiger partial charge in [-0.05, 0) is 12.1 Å². The molecule has 1 atom stereocenters. The van der Waals surface area contributed by atoms with Crippen LogP contribution in [-0.4, -0.2) is 23.9 Å². The Kier molecular flexibility index (Phi) is 5.44. The molecule has 0 heterocycles. The first-order valence-electron chi connectivity index (χ1n) is 5.24. The SMILES string of the molecule is CO/N=C(\c1ccc(Cl)c(Cl)c1)C(C)CC(=O)O. The van der Waals surface area contributed by atoms with Gasteiger partial charge in [-0.2, -0.15) is 0 Å². The monoisotopic (exact) mass is 289 g/mol. The summed E-state index contributed by atoms with van der Waals surface area (Å²) in [4.78, 5) is 15.5. The van der Waals surface area contributed by atoms with Crippen LogP contribution in [0.1, 0.15) is 18.9 Å². The van der Waals surface area contributed by atoms with Crippen molar-refractivity contribution in [2.24, 2.45) is 11.1 Å². The van der Waals surface area contributed by atoms with Gasteiger partial charge < -0.3 is 9.94 Å². The summed E-state index contributed by atoms with van der Waals surface area (Å²) in [6.07, 6.45) is -0.0392. The van der Waals surface area contributed by atoms with Crippen LogP contribution >= 0.6 is 23.2 Å². The molecule has 98 valence electrons. The molecule has 0 bridgehead atoms. The zero-order chi connectivity index (χ0) is 13.7. The number of carbonyl (C=O) groups is 1. The van der Waals surface area contributed by atoms with E-state index in [2.05, 4.69) is 5.16 Å². The van der Waals surface area contributed by atoms with Crippen LogP contribution < -0.4 is 0 Å². The van der Waals surface area contributed by atoms with E-state index in [1.54, 1.807) is 25.1 Å². The zero-order valence-electron chi connectivity index (χ0n) is 9.98. The van der Waals surface area contributed by atoms with Crippen molar-refractivity contribution in [3.63, 3.8) is 0 Å². The highest BCUT2D eigenvalue weighted by atomic mass is 35.5. The Balaban J connectivity index is 3.08. The van der Waals surface area contributed by atoms with Crippen LogP contribution in [0.5, 0.6) is 0 Å². The average Bonchev–Trinajstić information content (AvgIpc) is 2.29. The molecule has 6 heteroatoms. The predicted molar refractivity (Wildman–Crippen MR) is 71.4 cm³/mol. The first-order chi connectivity index (χ1) is 8.45. The standard InChI is InChI=1S/C12H13Cl2NO3/c1-7(5-11(16)17)12(15-18-2)8-3-4-9(13)10(14)6-8/h3-4,6-7H,5H2,1-2H3,(H,16,17)/b15-12-. The summed E-state index contributed by atoms with van der Waals surface area (Å²) >= 11 is 11.8. The fourth-order valence-corrected chi connectivity index (χ4v) is 1.84. The summed E-state index contributed by atoms with van der Waals surface area (Å²) in [5.74, 6) is -1.19. The van der Waals surface area contributed by atoms with Gasteiger partial charge in [0.25, 0.3) is 0 Å². The van der Waals surface area contributed by atoms with E-state index in [0.717, 1.165) is 0 Å². The van der Waals surface area contributed by atoms with Crippen molar-refractivity contribution >= 4 is 34.9 Å². The maximum absolute atomic E-state index is 10.7. The number of carboxylic acid groups (broad SMARTS) is 1. The number of carboxylic acids is 1. The molecule has 0 saturated carbocycles. The number of halogens is 2. The van der Waals surface area contributed by atoms with Crippen molar-refractivity contribution < 1.29 is 14.7 Å². The van der Waals surface area contributed by atoms with E-state index < -0.39 is 5.97 Å². The van der Waals surface area contributed by atoms with Gasteiger partial charge in [-0.25, -0.2) is 0 Å². The Hall–Kier alpha value is -1.26. The molecule has 1 N–H and O–H groups in total. The molecule has 0 aliphatic carbocycles. The van der Waals surface area contributed by atoms with Gasteiger partial charge in [0.05, 0.1) is 22.2 Å². The molecule has 1 rings (SSSR count). The van der Waals surface area contributed by atoms with E-state index in [1.807, 2.05) is 0 Å². The van der Waals surface area contributed by atoms with Gasteiger partial charge in [0.1, 0.15) is 7.11 Å². The second-order valence-corrected chi connectivity index (χ2v) is 4.60. The van der Waals surface area contributed by atoms with Gasteiger partial charge in [-0.1, -0.05) is 41.3 Å². The molecule has 0 aromatic heterocycles. The molecule has 0 aliphatic heterocycles. The lowest BCUT2D eigenvalue weighted by molar-refractivity contribution is -0.137. The fourth-order valence-electron chi connectivity index (χ4n) is 1.54. The zero-order valence-corrected chi connectivity index (χ0v) is 11.5. The largest absolute Gasteiger partial charge is 0.481 e. The van der Waals surface area contributed by atoms with Crippen LogP contribution in [0.3, 0.4) is 0 Å². The van der Waals surface area contributed by atoms with Gasteiger partial charge >= 0.3 is 5.97 Å². The first-order valence-corrected chi connectivity index (χ1v) is 5.99. The molecule has 1 aromatic rings. The quantitative estimate of drug-likeness (QED) is 0.667. The van der Waals surface area contributed by atoms with Crippen molar-refractivity contribution in [3.8, 4) is 0 Å². The van der Waals surface area contributed by atoms with Gasteiger partial charge in [0.15, 0.2) is 0 Å². The van der Waals surface area contributed by atoms with Crippen molar-refractivity contribution in [1.82, 2.24) is 0 Å². The van der Waals surface area contributed by atoms with Crippen LogP contribution in [0.4, 0.5) is 0 Å². The molecule has 0 saturated heterocycles. The lowest BCUT2D eigenvalue weighted by Crippen LogP contribution is -2.17. The number of nitrogens with zero attached hydrogens (tertiary/aromatic N) is 1. The van der Waals surface area contributed by atoms with Crippen LogP contribution in [0, 0.1) is 5.92 Å². The number of benzene rings is 1. The van der Waals surface area contributed by atoms with Gasteiger partial charge in [-0.3, -0.25) is 4.79 Å². The predicted octanol–water partition coefficient (Wildman–Crippen LogP) is 3.45. The third-order valence-corrected chi connectivity index (χ3v) is 3.09. The fraction of sp³-hybridized carbons (Fsp3) is 0.333. The summed E-state index contributed by atoms with van der Waals surface area (Å²) in [7, 11) is 1.41. The maximum Gasteiger partial charge on any atom is 0.304 e. The highest BCUT2D eigenvalue weighted by Gasteiger charge is 2.18. The van der Waals surface area contributed by atoms with Crippen molar-refractivity contribution in [3.05, 3.63) is 33.8 Å². The average molecular weight is 290 g/mol. The minimum atomic E-state index is -0.897. The minimum Gasteiger partial charge on any atom is -0.481 e. The van der Waals surface area contributed by atoms with Crippen LogP contribution in [-0.2, 0) is 9.63 Å². The van der Waals surface area contributed by atoms with E-state index in [9.17, 15) is 4.79 Å². The van der Waals surface area contributed by atoms with Crippen molar-refractivity contribution in [2.45, 2.75) is 13.3 Å². The van der Waals surface area contributed by atoms with Crippen LogP contribution in [0.25, 0.3) is 0 Å². The highest BCUT2D eigenvalue weighted by Crippen LogP contribution is 2.25. The summed E-state index contributed by atoms with van der Waals surface area (Å²) in [5, 5.41) is 13.5. The molecule has 1 unspecified atom stereocenters. The second-order valence-electron chi connectivity index (χ2n) is 3.79. The van der Waals surface area contributed by atoms with E-state index in [1.165, 1.54) is 7.11 Å². The number of rotatable bonds is 5. The summed E-state index contributed by atoms with van der Waals surface area (Å²) in [5.41, 5.74) is 1.22. The topological polar surface area (TPSA) is 58.9 Å². The molecule has 4 nitrogen and oxygen atoms in total. The summed E-state index contributed by atoms with van der Waals surface area (Å²) in [6.45, 7) is 1.76. The van der Waals surface area contributed by atoms with Gasteiger partial charge in [0.2, 0.25) is 0 Å². The molecule has 0 radical (unpaired) electrons. The number of oxime groups is 1. The Morgan fingerprint density at radius 3 is 2.61 bits per heavy atom. The maximum atomic E-state index is 10.7. The van der Waals surface area contributed by atoms with Crippen molar-refractivity contribution in [2.75, 3.05) is 7.11 Å². The van der Waals surface area contributed by atoms with Crippen LogP contribution in [0.15, 0.2) is 23.4 Å². The molecule has 18 heavy (non-hydrogen) atoms. The van der Waals surface area contributed by atoms with E-state index in [0.29, 0.717) is 21.3 Å². The van der Waals surface area contributed by atoms with Crippen molar-refractivity contribution in [1.29, 1.82) is 0 Å². The third kappa shape index (κ3) is 3.89. The third-order valence-electron chi connectivity index (χ3n) is 2.35. The molecule has 0 aliphatic rings. The lowest BCUT2D eigenvalue weighted by atomic mass is 9.95. The highest BCUT2D eigenvalue weighted by molar-refractivity contribution is 6.42. The molecule has 1 aromatic carbocycles. The Morgan fingerprint density at radius 2 is 2.11 bits per heavy atom. The molecular weight excluding hydrogens is 277 g/mol. The smallest absolute Gasteiger partial charge is 0.304 e. The molecule has 0 spiro atoms. The summed E-state index contributed by atoms with van der Waals surface area (Å²) in [6, 6.07) is 5.00. The van der Waals surface area contributed by atoms with Crippen LogP contribution in [0.2, 0.25) is 10.0 Å². The van der Waals surface area contributed by atoms with E-state index >= 15 is 0 Å². The summed E-state index contributed by atoms with van der Waals surface area (Å²) < 4.78 is 0. The molecular formula is C12H13Cl2NO3. The van der Waals surface area contributed by atoms with E-state index in [4.69, 9.17) is 33.1 Å². The normalized spacial score (nSPS) is 13.2. The first kappa shape index (κ1) is 14.8. The Morgan fingerprint density at radius 1 is 1.44 bits per heavy atom. The minimum absolute atomic E-state index is 0.0392. The number of aliphatic carboxylic acids is 1. The number of hydrogen-bond donors (Lipinski definition) is 1. The Labute approximate surface area is 115 Å². The molecule has 0 fully saturated rings. The lowest BCUT2D eigenvalue weighted by Gasteiger charge is -2.12. The second kappa shape index (κ2) is 6.61. The van der Waals surface area contributed by atoms with Gasteiger partial charge in [0, 0.05) is 11.5 Å². The Bertz CT molecular complexity index is 474. The van der Waals surface area contributed by atoms with Gasteiger partial charge in [-0.15, -0.1) is 0 Å². The van der Waals surface area contributed by atoms with E-state index in [-0.39, 0.29) is 12.3 Å². The number of hydrogen-bond acceptors (Lipinski definition) is 3. The molecule has 0 amide bonds.